The van der Waals surface area contributed by atoms with Crippen LogP contribution in [-0.2, 0) is 15.8 Å². The Bertz CT molecular complexity index is 268. The van der Waals surface area contributed by atoms with Crippen LogP contribution in [0, 0.1) is 0 Å². The molecule has 0 saturated heterocycles. The maximum atomic E-state index is 8.32. The van der Waals surface area contributed by atoms with Crippen LogP contribution < -0.4 is 5.09 Å². The van der Waals surface area contributed by atoms with Gasteiger partial charge in [0.2, 0.25) is 0 Å². The molecule has 0 amide bonds. The van der Waals surface area contributed by atoms with Crippen molar-refractivity contribution in [3.63, 3.8) is 0 Å². The monoisotopic (exact) mass is 231 g/mol. The fraction of sp³-hybridized carbons (Fsp3) is 0.333. The Balaban J connectivity index is 2.39. The Morgan fingerprint density at radius 2 is 1.87 bits per heavy atom. The number of hydrogen-bond acceptors (Lipinski definition) is 5. The van der Waals surface area contributed by atoms with E-state index in [2.05, 4.69) is 14.4 Å². The fourth-order valence-corrected chi connectivity index (χ4v) is 1.83. The molecule has 0 aliphatic carbocycles. The van der Waals surface area contributed by atoms with Gasteiger partial charge < -0.3 is 0 Å². The lowest BCUT2D eigenvalue weighted by atomic mass is 10.1. The normalized spacial score (nSPS) is 13.1. The predicted octanol–water partition coefficient (Wildman–Crippen LogP) is 2.41. The lowest BCUT2D eigenvalue weighted by Crippen LogP contribution is -2.24. The molecule has 0 aliphatic heterocycles. The molecule has 0 saturated carbocycles. The van der Waals surface area contributed by atoms with Crippen LogP contribution in [0.4, 0.5) is 0 Å². The molecule has 0 radical (unpaired) electrons. The van der Waals surface area contributed by atoms with Gasteiger partial charge in [0.1, 0.15) is 0 Å². The van der Waals surface area contributed by atoms with Gasteiger partial charge in [-0.2, -0.15) is 9.35 Å². The van der Waals surface area contributed by atoms with Crippen molar-refractivity contribution in [2.24, 2.45) is 0 Å². The van der Waals surface area contributed by atoms with Gasteiger partial charge in [-0.25, -0.2) is 15.6 Å². The van der Waals surface area contributed by atoms with Crippen LogP contribution >= 0.6 is 8.53 Å². The van der Waals surface area contributed by atoms with Crippen LogP contribution in [0.2, 0.25) is 0 Å². The van der Waals surface area contributed by atoms with E-state index in [1.165, 1.54) is 0 Å². The highest BCUT2D eigenvalue weighted by molar-refractivity contribution is 7.44. The molecule has 0 heterocycles. The number of hydrogen-bond donors (Lipinski definition) is 3. The first kappa shape index (κ1) is 12.5. The van der Waals surface area contributed by atoms with E-state index in [0.717, 1.165) is 12.0 Å². The molecule has 0 spiro atoms. The second-order valence-electron chi connectivity index (χ2n) is 3.14. The van der Waals surface area contributed by atoms with Crippen molar-refractivity contribution in [3.05, 3.63) is 35.9 Å². The van der Waals surface area contributed by atoms with E-state index in [-0.39, 0.29) is 6.04 Å². The van der Waals surface area contributed by atoms with Crippen LogP contribution in [0.3, 0.4) is 0 Å². The summed E-state index contributed by atoms with van der Waals surface area (Å²) in [7, 11) is -1.83. The first-order chi connectivity index (χ1) is 7.26. The van der Waals surface area contributed by atoms with Crippen LogP contribution in [0.15, 0.2) is 30.3 Å². The van der Waals surface area contributed by atoms with E-state index in [1.807, 2.05) is 37.3 Å². The summed E-state index contributed by atoms with van der Waals surface area (Å²) in [5.41, 5.74) is 1.16. The summed E-state index contributed by atoms with van der Waals surface area (Å²) < 4.78 is 7.78. The highest BCUT2D eigenvalue weighted by Gasteiger charge is 2.14. The standard InChI is InChI=1S/C9H14NO4P/c1-8(10-15(13-11)14-12)7-9-5-3-2-4-6-9/h2-6,8,10-12H,7H2,1H3/t8-/m0/s1. The zero-order valence-electron chi connectivity index (χ0n) is 8.33. The van der Waals surface area contributed by atoms with E-state index in [1.54, 1.807) is 0 Å². The number of nitrogens with one attached hydrogen (secondary N) is 1. The SMILES string of the molecule is C[C@@H](Cc1ccccc1)NP(OO)OO. The molecule has 1 aromatic rings. The summed E-state index contributed by atoms with van der Waals surface area (Å²) in [5, 5.41) is 19.4. The molecule has 0 fully saturated rings. The summed E-state index contributed by atoms with van der Waals surface area (Å²) in [6, 6.07) is 9.88. The van der Waals surface area contributed by atoms with Gasteiger partial charge in [0.05, 0.1) is 0 Å². The lowest BCUT2D eigenvalue weighted by Gasteiger charge is -2.16. The van der Waals surface area contributed by atoms with Crippen molar-refractivity contribution in [2.45, 2.75) is 19.4 Å². The van der Waals surface area contributed by atoms with Gasteiger partial charge in [0, 0.05) is 6.04 Å². The van der Waals surface area contributed by atoms with Gasteiger partial charge in [-0.15, -0.1) is 0 Å². The van der Waals surface area contributed by atoms with E-state index in [0.29, 0.717) is 0 Å². The van der Waals surface area contributed by atoms with Crippen molar-refractivity contribution < 1.29 is 19.9 Å². The summed E-state index contributed by atoms with van der Waals surface area (Å²) in [6.45, 7) is 1.90. The average molecular weight is 231 g/mol. The van der Waals surface area contributed by atoms with E-state index in [9.17, 15) is 0 Å². The molecule has 0 bridgehead atoms. The molecular weight excluding hydrogens is 217 g/mol. The van der Waals surface area contributed by atoms with E-state index in [4.69, 9.17) is 10.5 Å². The van der Waals surface area contributed by atoms with Gasteiger partial charge in [-0.3, -0.25) is 0 Å². The molecule has 1 atom stereocenters. The van der Waals surface area contributed by atoms with Gasteiger partial charge in [0.25, 0.3) is 0 Å². The summed E-state index contributed by atoms with van der Waals surface area (Å²) in [4.78, 5) is 0. The van der Waals surface area contributed by atoms with Crippen LogP contribution in [0.5, 0.6) is 0 Å². The van der Waals surface area contributed by atoms with Crippen molar-refractivity contribution in [2.75, 3.05) is 0 Å². The zero-order chi connectivity index (χ0) is 11.1. The lowest BCUT2D eigenvalue weighted by molar-refractivity contribution is -0.197. The maximum absolute atomic E-state index is 8.32. The van der Waals surface area contributed by atoms with Crippen LogP contribution in [-0.4, -0.2) is 16.6 Å². The fourth-order valence-electron chi connectivity index (χ4n) is 1.26. The van der Waals surface area contributed by atoms with Crippen molar-refractivity contribution in [3.8, 4) is 0 Å². The topological polar surface area (TPSA) is 71.0 Å². The van der Waals surface area contributed by atoms with Crippen molar-refractivity contribution in [1.29, 1.82) is 0 Å². The summed E-state index contributed by atoms with van der Waals surface area (Å²) in [5.74, 6) is 0. The molecule has 0 aliphatic rings. The molecule has 15 heavy (non-hydrogen) atoms. The highest BCUT2D eigenvalue weighted by Crippen LogP contribution is 2.31. The molecule has 3 N–H and O–H groups in total. The zero-order valence-corrected chi connectivity index (χ0v) is 9.22. The second-order valence-corrected chi connectivity index (χ2v) is 4.24. The summed E-state index contributed by atoms with van der Waals surface area (Å²) in [6.07, 6.45) is 0.756. The van der Waals surface area contributed by atoms with Gasteiger partial charge >= 0.3 is 8.53 Å². The smallest absolute Gasteiger partial charge is 0.245 e. The third-order valence-electron chi connectivity index (χ3n) is 1.86. The molecule has 0 aromatic heterocycles. The molecule has 1 aromatic carbocycles. The minimum atomic E-state index is -1.83. The average Bonchev–Trinajstić information content (AvgIpc) is 2.27. The van der Waals surface area contributed by atoms with Gasteiger partial charge in [-0.1, -0.05) is 30.3 Å². The quantitative estimate of drug-likeness (QED) is 0.398. The molecular formula is C9H14NO4P. The predicted molar refractivity (Wildman–Crippen MR) is 57.1 cm³/mol. The van der Waals surface area contributed by atoms with Crippen molar-refractivity contribution in [1.82, 2.24) is 5.09 Å². The van der Waals surface area contributed by atoms with E-state index >= 15 is 0 Å². The third-order valence-corrected chi connectivity index (χ3v) is 2.81. The number of benzene rings is 1. The summed E-state index contributed by atoms with van der Waals surface area (Å²) >= 11 is 0. The molecule has 0 unspecified atom stereocenters. The van der Waals surface area contributed by atoms with Gasteiger partial charge in [-0.05, 0) is 18.9 Å². The van der Waals surface area contributed by atoms with Gasteiger partial charge in [0.15, 0.2) is 0 Å². The highest BCUT2D eigenvalue weighted by atomic mass is 31.2. The Morgan fingerprint density at radius 1 is 1.27 bits per heavy atom. The second kappa shape index (κ2) is 6.85. The Labute approximate surface area is 89.5 Å². The largest absolute Gasteiger partial charge is 0.320 e. The Hall–Kier alpha value is -0.550. The first-order valence-electron chi connectivity index (χ1n) is 4.49. The minimum absolute atomic E-state index is 0.0258. The number of rotatable bonds is 6. The minimum Gasteiger partial charge on any atom is -0.245 e. The Kier molecular flexibility index (Phi) is 5.71. The third kappa shape index (κ3) is 4.66. The Morgan fingerprint density at radius 3 is 2.40 bits per heavy atom. The molecule has 6 heteroatoms. The first-order valence-corrected chi connectivity index (χ1v) is 5.67. The maximum Gasteiger partial charge on any atom is 0.320 e. The van der Waals surface area contributed by atoms with Crippen LogP contribution in [0.1, 0.15) is 12.5 Å². The molecule has 1 rings (SSSR count). The van der Waals surface area contributed by atoms with Crippen LogP contribution in [0.25, 0.3) is 0 Å². The molecule has 84 valence electrons. The molecule has 5 nitrogen and oxygen atoms in total. The van der Waals surface area contributed by atoms with Crippen molar-refractivity contribution >= 4 is 8.53 Å². The van der Waals surface area contributed by atoms with E-state index < -0.39 is 8.53 Å².